The molecule has 0 heterocycles. The van der Waals surface area contributed by atoms with Crippen LogP contribution in [0.15, 0.2) is 59.5 Å². The number of carboxylic acids is 1. The number of rotatable bonds is 7. The average molecular weight is 390 g/mol. The van der Waals surface area contributed by atoms with Crippen LogP contribution in [-0.4, -0.2) is 43.4 Å². The summed E-state index contributed by atoms with van der Waals surface area (Å²) in [5.74, 6) is -1.72. The highest BCUT2D eigenvalue weighted by Gasteiger charge is 2.24. The number of carbonyl (C=O) groups excluding carboxylic acids is 1. The van der Waals surface area contributed by atoms with Crippen molar-refractivity contribution in [2.24, 2.45) is 0 Å². The molecule has 2 aromatic carbocycles. The lowest BCUT2D eigenvalue weighted by molar-refractivity contribution is -0.141. The van der Waals surface area contributed by atoms with E-state index < -0.39 is 34.0 Å². The maximum Gasteiger partial charge on any atom is 0.326 e. The molecule has 2 aromatic rings. The van der Waals surface area contributed by atoms with Crippen molar-refractivity contribution >= 4 is 21.9 Å². The maximum absolute atomic E-state index is 12.7. The van der Waals surface area contributed by atoms with Crippen LogP contribution < -0.4 is 4.72 Å². The molecule has 0 aliphatic carbocycles. The van der Waals surface area contributed by atoms with Crippen molar-refractivity contribution in [1.29, 1.82) is 0 Å². The summed E-state index contributed by atoms with van der Waals surface area (Å²) in [5.41, 5.74) is 0.907. The third kappa shape index (κ3) is 4.93. The number of carboxylic acid groups (broad SMARTS) is 1. The van der Waals surface area contributed by atoms with E-state index in [9.17, 15) is 18.0 Å². The number of likely N-dealkylation sites (N-methyl/N-ethyl adjacent to an activating group) is 1. The minimum absolute atomic E-state index is 0.0625. The summed E-state index contributed by atoms with van der Waals surface area (Å²) >= 11 is 0. The molecule has 27 heavy (non-hydrogen) atoms. The largest absolute Gasteiger partial charge is 0.480 e. The van der Waals surface area contributed by atoms with Crippen LogP contribution in [0, 0.1) is 0 Å². The summed E-state index contributed by atoms with van der Waals surface area (Å²) in [4.78, 5) is 24.5. The summed E-state index contributed by atoms with van der Waals surface area (Å²) in [6.45, 7) is 3.11. The zero-order chi connectivity index (χ0) is 20.2. The SMILES string of the molecule is CC(NS(=O)(=O)c1cccc(C(=O)N(C)C(C)C(=O)O)c1)c1ccccc1. The van der Waals surface area contributed by atoms with Gasteiger partial charge in [-0.2, -0.15) is 0 Å². The van der Waals surface area contributed by atoms with Gasteiger partial charge in [-0.25, -0.2) is 17.9 Å². The van der Waals surface area contributed by atoms with E-state index in [0.717, 1.165) is 10.5 Å². The van der Waals surface area contributed by atoms with E-state index in [0.29, 0.717) is 0 Å². The van der Waals surface area contributed by atoms with Crippen LogP contribution >= 0.6 is 0 Å². The van der Waals surface area contributed by atoms with Crippen LogP contribution in [0.1, 0.15) is 35.8 Å². The Kier molecular flexibility index (Phi) is 6.35. The molecule has 0 saturated heterocycles. The molecule has 2 rings (SSSR count). The first-order valence-corrected chi connectivity index (χ1v) is 9.79. The fourth-order valence-corrected chi connectivity index (χ4v) is 3.73. The van der Waals surface area contributed by atoms with Crippen LogP contribution in [-0.2, 0) is 14.8 Å². The van der Waals surface area contributed by atoms with Crippen molar-refractivity contribution < 1.29 is 23.1 Å². The molecule has 0 bridgehead atoms. The first kappa shape index (κ1) is 20.6. The summed E-state index contributed by atoms with van der Waals surface area (Å²) in [6.07, 6.45) is 0. The first-order valence-electron chi connectivity index (χ1n) is 8.31. The summed E-state index contributed by atoms with van der Waals surface area (Å²) in [7, 11) is -2.50. The number of hydrogen-bond acceptors (Lipinski definition) is 4. The second-order valence-corrected chi connectivity index (χ2v) is 7.93. The molecule has 1 amide bonds. The molecule has 0 aliphatic heterocycles. The van der Waals surface area contributed by atoms with E-state index in [1.807, 2.05) is 30.3 Å². The molecule has 0 saturated carbocycles. The molecule has 0 radical (unpaired) electrons. The summed E-state index contributed by atoms with van der Waals surface area (Å²) in [6, 6.07) is 13.2. The van der Waals surface area contributed by atoms with E-state index in [1.54, 1.807) is 6.92 Å². The van der Waals surface area contributed by atoms with Crippen LogP contribution in [0.25, 0.3) is 0 Å². The third-order valence-corrected chi connectivity index (χ3v) is 5.82. The molecule has 144 valence electrons. The molecule has 2 N–H and O–H groups in total. The van der Waals surface area contributed by atoms with Crippen molar-refractivity contribution in [3.8, 4) is 0 Å². The fourth-order valence-electron chi connectivity index (χ4n) is 2.45. The zero-order valence-corrected chi connectivity index (χ0v) is 16.1. The number of sulfonamides is 1. The van der Waals surface area contributed by atoms with Gasteiger partial charge in [0.15, 0.2) is 0 Å². The number of benzene rings is 2. The number of nitrogens with zero attached hydrogens (tertiary/aromatic N) is 1. The van der Waals surface area contributed by atoms with Gasteiger partial charge < -0.3 is 10.0 Å². The third-order valence-electron chi connectivity index (χ3n) is 4.28. The normalized spacial score (nSPS) is 13.6. The van der Waals surface area contributed by atoms with Crippen molar-refractivity contribution in [1.82, 2.24) is 9.62 Å². The van der Waals surface area contributed by atoms with Gasteiger partial charge >= 0.3 is 5.97 Å². The lowest BCUT2D eigenvalue weighted by Crippen LogP contribution is -2.40. The van der Waals surface area contributed by atoms with Crippen molar-refractivity contribution in [3.05, 3.63) is 65.7 Å². The number of hydrogen-bond donors (Lipinski definition) is 2. The van der Waals surface area contributed by atoms with E-state index in [-0.39, 0.29) is 10.5 Å². The lowest BCUT2D eigenvalue weighted by atomic mass is 10.1. The number of carbonyl (C=O) groups is 2. The predicted molar refractivity (Wildman–Crippen MR) is 101 cm³/mol. The van der Waals surface area contributed by atoms with Crippen LogP contribution in [0.4, 0.5) is 0 Å². The maximum atomic E-state index is 12.7. The van der Waals surface area contributed by atoms with E-state index in [2.05, 4.69) is 4.72 Å². The first-order chi connectivity index (χ1) is 12.6. The Morgan fingerprint density at radius 1 is 1.04 bits per heavy atom. The molecule has 0 spiro atoms. The van der Waals surface area contributed by atoms with Gasteiger partial charge in [-0.15, -0.1) is 0 Å². The van der Waals surface area contributed by atoms with Crippen molar-refractivity contribution in [3.63, 3.8) is 0 Å². The topological polar surface area (TPSA) is 104 Å². The van der Waals surface area contributed by atoms with Crippen molar-refractivity contribution in [2.45, 2.75) is 30.8 Å². The Balaban J connectivity index is 2.25. The van der Waals surface area contributed by atoms with Crippen molar-refractivity contribution in [2.75, 3.05) is 7.05 Å². The minimum atomic E-state index is -3.86. The molecule has 0 fully saturated rings. The highest BCUT2D eigenvalue weighted by molar-refractivity contribution is 7.89. The van der Waals surface area contributed by atoms with E-state index in [1.165, 1.54) is 38.2 Å². The number of amides is 1. The van der Waals surface area contributed by atoms with Gasteiger partial charge in [-0.3, -0.25) is 4.79 Å². The summed E-state index contributed by atoms with van der Waals surface area (Å²) in [5, 5.41) is 9.04. The van der Waals surface area contributed by atoms with E-state index in [4.69, 9.17) is 5.11 Å². The second-order valence-electron chi connectivity index (χ2n) is 6.21. The van der Waals surface area contributed by atoms with Gasteiger partial charge in [0, 0.05) is 18.7 Å². The van der Waals surface area contributed by atoms with Gasteiger partial charge in [0.25, 0.3) is 5.91 Å². The van der Waals surface area contributed by atoms with Gasteiger partial charge in [-0.05, 0) is 37.6 Å². The summed E-state index contributed by atoms with van der Waals surface area (Å²) < 4.78 is 27.9. The zero-order valence-electron chi connectivity index (χ0n) is 15.3. The lowest BCUT2D eigenvalue weighted by Gasteiger charge is -2.22. The molecule has 0 aliphatic rings. The van der Waals surface area contributed by atoms with Gasteiger partial charge in [0.1, 0.15) is 6.04 Å². The molecular formula is C19H22N2O5S. The fraction of sp³-hybridized carbons (Fsp3) is 0.263. The highest BCUT2D eigenvalue weighted by atomic mass is 32.2. The Morgan fingerprint density at radius 3 is 2.26 bits per heavy atom. The van der Waals surface area contributed by atoms with Gasteiger partial charge in [0.05, 0.1) is 4.90 Å². The molecular weight excluding hydrogens is 368 g/mol. The second kappa shape index (κ2) is 8.32. The highest BCUT2D eigenvalue weighted by Crippen LogP contribution is 2.18. The van der Waals surface area contributed by atoms with Gasteiger partial charge in [0.2, 0.25) is 10.0 Å². The van der Waals surface area contributed by atoms with Crippen LogP contribution in [0.3, 0.4) is 0 Å². The minimum Gasteiger partial charge on any atom is -0.480 e. The van der Waals surface area contributed by atoms with Crippen LogP contribution in [0.2, 0.25) is 0 Å². The predicted octanol–water partition coefficient (Wildman–Crippen LogP) is 2.27. The van der Waals surface area contributed by atoms with Gasteiger partial charge in [-0.1, -0.05) is 36.4 Å². The number of aliphatic carboxylic acids is 1. The molecule has 2 atom stereocenters. The standard InChI is InChI=1S/C19H22N2O5S/c1-13(15-8-5-4-6-9-15)20-27(25,26)17-11-7-10-16(12-17)18(22)21(3)14(2)19(23)24/h4-14,20H,1-3H3,(H,23,24). The Labute approximate surface area is 158 Å². The van der Waals surface area contributed by atoms with Crippen LogP contribution in [0.5, 0.6) is 0 Å². The molecule has 2 unspecified atom stereocenters. The average Bonchev–Trinajstić information content (AvgIpc) is 2.66. The quantitative estimate of drug-likeness (QED) is 0.755. The smallest absolute Gasteiger partial charge is 0.326 e. The van der Waals surface area contributed by atoms with E-state index >= 15 is 0 Å². The Morgan fingerprint density at radius 2 is 1.67 bits per heavy atom. The Bertz CT molecular complexity index is 928. The Hall–Kier alpha value is -2.71. The number of nitrogens with one attached hydrogen (secondary N) is 1. The molecule has 8 heteroatoms. The molecule has 0 aromatic heterocycles. The molecule has 7 nitrogen and oxygen atoms in total. The monoisotopic (exact) mass is 390 g/mol.